The molecule has 1 aromatic rings. The molecule has 0 spiro atoms. The number of rotatable bonds is 4. The molecule has 0 radical (unpaired) electrons. The van der Waals surface area contributed by atoms with Gasteiger partial charge in [0.2, 0.25) is 0 Å². The molecule has 0 N–H and O–H groups in total. The summed E-state index contributed by atoms with van der Waals surface area (Å²) in [5.74, 6) is 0.654. The van der Waals surface area contributed by atoms with Gasteiger partial charge in [0.1, 0.15) is 11.0 Å². The average molecular weight is 235 g/mol. The van der Waals surface area contributed by atoms with Crippen molar-refractivity contribution < 1.29 is 13.2 Å². The van der Waals surface area contributed by atoms with Gasteiger partial charge in [-0.2, -0.15) is 0 Å². The smallest absolute Gasteiger partial charge is 0.192 e. The number of halogens is 1. The summed E-state index contributed by atoms with van der Waals surface area (Å²) in [4.78, 5) is 0.218. The highest BCUT2D eigenvalue weighted by molar-refractivity contribution is 7.92. The highest BCUT2D eigenvalue weighted by Crippen LogP contribution is 2.17. The van der Waals surface area contributed by atoms with E-state index in [2.05, 4.69) is 0 Å². The van der Waals surface area contributed by atoms with Gasteiger partial charge < -0.3 is 4.74 Å². The molecule has 3 nitrogen and oxygen atoms in total. The van der Waals surface area contributed by atoms with Gasteiger partial charge in [0.15, 0.2) is 9.84 Å². The van der Waals surface area contributed by atoms with E-state index in [4.69, 9.17) is 16.3 Å². The monoisotopic (exact) mass is 234 g/mol. The van der Waals surface area contributed by atoms with E-state index < -0.39 is 15.0 Å². The van der Waals surface area contributed by atoms with E-state index in [0.717, 1.165) is 0 Å². The summed E-state index contributed by atoms with van der Waals surface area (Å²) in [6.45, 7) is 2.42. The van der Waals surface area contributed by atoms with Crippen molar-refractivity contribution in [2.75, 3.05) is 11.8 Å². The molecule has 0 fully saturated rings. The molecule has 0 saturated heterocycles. The molecule has 0 saturated carbocycles. The summed E-state index contributed by atoms with van der Waals surface area (Å²) in [6, 6.07) is 6.21. The second-order valence-corrected chi connectivity index (χ2v) is 5.20. The van der Waals surface area contributed by atoms with E-state index in [9.17, 15) is 8.42 Å². The fraction of sp³-hybridized carbons (Fsp3) is 0.333. The van der Waals surface area contributed by atoms with Crippen molar-refractivity contribution in [2.24, 2.45) is 0 Å². The van der Waals surface area contributed by atoms with E-state index in [1.165, 1.54) is 12.1 Å². The Morgan fingerprint density at radius 3 is 2.29 bits per heavy atom. The summed E-state index contributed by atoms with van der Waals surface area (Å²) >= 11 is 5.31. The molecule has 0 aliphatic rings. The van der Waals surface area contributed by atoms with Gasteiger partial charge in [0.05, 0.1) is 11.5 Å². The minimum Gasteiger partial charge on any atom is -0.494 e. The number of alkyl halides is 1. The zero-order chi connectivity index (χ0) is 10.6. The van der Waals surface area contributed by atoms with E-state index >= 15 is 0 Å². The zero-order valence-electron chi connectivity index (χ0n) is 7.73. The number of benzene rings is 1. The van der Waals surface area contributed by atoms with Crippen molar-refractivity contribution in [3.63, 3.8) is 0 Å². The second-order valence-electron chi connectivity index (χ2n) is 2.63. The maximum absolute atomic E-state index is 11.3. The first-order valence-electron chi connectivity index (χ1n) is 4.11. The summed E-state index contributed by atoms with van der Waals surface area (Å²) in [7, 11) is -3.32. The fourth-order valence-electron chi connectivity index (χ4n) is 0.973. The molecular formula is C9H11ClO3S. The molecule has 0 atom stereocenters. The third-order valence-electron chi connectivity index (χ3n) is 1.64. The molecule has 0 amide bonds. The van der Waals surface area contributed by atoms with Gasteiger partial charge in [-0.1, -0.05) is 0 Å². The molecular weight excluding hydrogens is 224 g/mol. The predicted molar refractivity (Wildman–Crippen MR) is 55.5 cm³/mol. The van der Waals surface area contributed by atoms with Crippen LogP contribution in [0.2, 0.25) is 0 Å². The summed E-state index contributed by atoms with van der Waals surface area (Å²) in [5.41, 5.74) is 0. The number of hydrogen-bond donors (Lipinski definition) is 0. The quantitative estimate of drug-likeness (QED) is 0.749. The number of hydrogen-bond acceptors (Lipinski definition) is 3. The maximum atomic E-state index is 11.3. The highest BCUT2D eigenvalue weighted by atomic mass is 35.5. The van der Waals surface area contributed by atoms with Crippen LogP contribution in [0.5, 0.6) is 5.75 Å². The molecule has 0 bridgehead atoms. The van der Waals surface area contributed by atoms with Crippen LogP contribution in [0.25, 0.3) is 0 Å². The van der Waals surface area contributed by atoms with E-state index in [1.54, 1.807) is 12.1 Å². The Hall–Kier alpha value is -0.740. The van der Waals surface area contributed by atoms with Crippen LogP contribution in [0.1, 0.15) is 6.92 Å². The van der Waals surface area contributed by atoms with Crippen molar-refractivity contribution in [3.8, 4) is 5.75 Å². The van der Waals surface area contributed by atoms with Crippen LogP contribution in [0.15, 0.2) is 29.2 Å². The van der Waals surface area contributed by atoms with Crippen LogP contribution in [0.4, 0.5) is 0 Å². The molecule has 0 unspecified atom stereocenters. The highest BCUT2D eigenvalue weighted by Gasteiger charge is 2.11. The first-order chi connectivity index (χ1) is 6.60. The first kappa shape index (κ1) is 11.3. The lowest BCUT2D eigenvalue weighted by Gasteiger charge is -2.04. The van der Waals surface area contributed by atoms with Crippen LogP contribution in [0, 0.1) is 0 Å². The van der Waals surface area contributed by atoms with Gasteiger partial charge in [-0.05, 0) is 31.2 Å². The van der Waals surface area contributed by atoms with Crippen LogP contribution in [-0.4, -0.2) is 20.2 Å². The largest absolute Gasteiger partial charge is 0.494 e. The summed E-state index contributed by atoms with van der Waals surface area (Å²) < 4.78 is 27.8. The van der Waals surface area contributed by atoms with E-state index in [-0.39, 0.29) is 4.90 Å². The van der Waals surface area contributed by atoms with Crippen molar-refractivity contribution in [1.29, 1.82) is 0 Å². The summed E-state index contributed by atoms with van der Waals surface area (Å²) in [6.07, 6.45) is 0. The Morgan fingerprint density at radius 1 is 1.29 bits per heavy atom. The molecule has 1 rings (SSSR count). The molecule has 1 aromatic carbocycles. The topological polar surface area (TPSA) is 43.4 Å². The lowest BCUT2D eigenvalue weighted by Crippen LogP contribution is -2.01. The van der Waals surface area contributed by atoms with Crippen molar-refractivity contribution >= 4 is 21.4 Å². The maximum Gasteiger partial charge on any atom is 0.192 e. The van der Waals surface area contributed by atoms with Crippen LogP contribution < -0.4 is 4.74 Å². The molecule has 0 aromatic heterocycles. The normalized spacial score (nSPS) is 11.3. The van der Waals surface area contributed by atoms with E-state index in [0.29, 0.717) is 12.4 Å². The zero-order valence-corrected chi connectivity index (χ0v) is 9.31. The van der Waals surface area contributed by atoms with Gasteiger partial charge in [-0.3, -0.25) is 0 Å². The lowest BCUT2D eigenvalue weighted by atomic mass is 10.3. The van der Waals surface area contributed by atoms with Gasteiger partial charge in [-0.15, -0.1) is 11.6 Å². The molecule has 0 heterocycles. The molecule has 14 heavy (non-hydrogen) atoms. The van der Waals surface area contributed by atoms with Gasteiger partial charge in [0.25, 0.3) is 0 Å². The van der Waals surface area contributed by atoms with Crippen molar-refractivity contribution in [3.05, 3.63) is 24.3 Å². The van der Waals surface area contributed by atoms with Crippen LogP contribution >= 0.6 is 11.6 Å². The van der Waals surface area contributed by atoms with Crippen LogP contribution in [0.3, 0.4) is 0 Å². The third-order valence-corrected chi connectivity index (χ3v) is 3.78. The Labute approximate surface area is 88.6 Å². The Balaban J connectivity index is 2.94. The Bertz CT molecular complexity index is 383. The van der Waals surface area contributed by atoms with Gasteiger partial charge in [0, 0.05) is 0 Å². The number of sulfone groups is 1. The van der Waals surface area contributed by atoms with Crippen molar-refractivity contribution in [2.45, 2.75) is 11.8 Å². The molecule has 0 aliphatic carbocycles. The molecule has 78 valence electrons. The Morgan fingerprint density at radius 2 is 1.86 bits per heavy atom. The first-order valence-corrected chi connectivity index (χ1v) is 6.30. The van der Waals surface area contributed by atoms with Gasteiger partial charge in [-0.25, -0.2) is 8.42 Å². The minimum atomic E-state index is -3.32. The third kappa shape index (κ3) is 2.62. The average Bonchev–Trinajstić information content (AvgIpc) is 2.19. The van der Waals surface area contributed by atoms with Gasteiger partial charge >= 0.3 is 0 Å². The van der Waals surface area contributed by atoms with E-state index in [1.807, 2.05) is 6.92 Å². The number of ether oxygens (including phenoxy) is 1. The fourth-order valence-corrected chi connectivity index (χ4v) is 2.03. The molecule has 5 heteroatoms. The minimum absolute atomic E-state index is 0.218. The second kappa shape index (κ2) is 4.66. The predicted octanol–water partition coefficient (Wildman–Crippen LogP) is 2.06. The summed E-state index contributed by atoms with van der Waals surface area (Å²) in [5, 5.41) is -0.402. The lowest BCUT2D eigenvalue weighted by molar-refractivity contribution is 0.340. The molecule has 0 aliphatic heterocycles. The van der Waals surface area contributed by atoms with Crippen LogP contribution in [-0.2, 0) is 9.84 Å². The SMILES string of the molecule is CCOc1ccc(S(=O)(=O)CCl)cc1. The standard InChI is InChI=1S/C9H11ClO3S/c1-2-13-8-3-5-9(6-4-8)14(11,12)7-10/h3-6H,2,7H2,1H3. The van der Waals surface area contributed by atoms with Crippen molar-refractivity contribution in [1.82, 2.24) is 0 Å². The Kier molecular flexibility index (Phi) is 3.77.